The van der Waals surface area contributed by atoms with Crippen molar-refractivity contribution in [2.45, 2.75) is 37.8 Å². The number of benzene rings is 2. The van der Waals surface area contributed by atoms with Gasteiger partial charge in [-0.05, 0) is 0 Å². The molecule has 0 spiro atoms. The van der Waals surface area contributed by atoms with Crippen molar-refractivity contribution in [3.63, 3.8) is 0 Å². The van der Waals surface area contributed by atoms with E-state index in [2.05, 4.69) is 0 Å². The zero-order valence-electron chi connectivity index (χ0n) is 12.2. The zero-order chi connectivity index (χ0) is 14.8. The Bertz CT molecular complexity index is 546. The Morgan fingerprint density at radius 2 is 1.10 bits per heavy atom. The van der Waals surface area contributed by atoms with Crippen LogP contribution in [-0.4, -0.2) is 15.4 Å². The van der Waals surface area contributed by atoms with Gasteiger partial charge in [0.05, 0.1) is 0 Å². The fourth-order valence-corrected chi connectivity index (χ4v) is 7.59. The summed E-state index contributed by atoms with van der Waals surface area (Å²) in [6.45, 7) is 0. The summed E-state index contributed by atoms with van der Waals surface area (Å²) < 4.78 is 0. The van der Waals surface area contributed by atoms with Crippen LogP contribution in [0.25, 0.3) is 0 Å². The second-order valence-corrected chi connectivity index (χ2v) is 10.00. The predicted octanol–water partition coefficient (Wildman–Crippen LogP) is 3.34. The first-order valence-electron chi connectivity index (χ1n) is 7.74. The van der Waals surface area contributed by atoms with Gasteiger partial charge in [0.2, 0.25) is 0 Å². The Labute approximate surface area is 126 Å². The van der Waals surface area contributed by atoms with Crippen molar-refractivity contribution >= 4 is 17.7 Å². The molecule has 2 nitrogen and oxygen atoms in total. The van der Waals surface area contributed by atoms with Crippen LogP contribution in [0.2, 0.25) is 0 Å². The van der Waals surface area contributed by atoms with Gasteiger partial charge < -0.3 is 0 Å². The van der Waals surface area contributed by atoms with E-state index in [1.54, 1.807) is 0 Å². The normalized spacial score (nSPS) is 18.9. The molecule has 2 N–H and O–H groups in total. The van der Waals surface area contributed by atoms with E-state index in [-0.39, 0.29) is 5.66 Å². The van der Waals surface area contributed by atoms with E-state index in [1.165, 1.54) is 6.42 Å². The fourth-order valence-electron chi connectivity index (χ4n) is 3.58. The molecule has 0 atom stereocenters. The molecule has 3 rings (SSSR count). The van der Waals surface area contributed by atoms with Crippen molar-refractivity contribution in [3.05, 3.63) is 60.7 Å². The summed E-state index contributed by atoms with van der Waals surface area (Å²) in [6, 6.07) is 18.9. The van der Waals surface area contributed by atoms with E-state index >= 15 is 0 Å². The van der Waals surface area contributed by atoms with Gasteiger partial charge in [0.25, 0.3) is 0 Å². The Hall–Kier alpha value is -1.21. The molecule has 0 saturated heterocycles. The quantitative estimate of drug-likeness (QED) is 0.854. The first-order valence-corrected chi connectivity index (χ1v) is 9.95. The van der Waals surface area contributed by atoms with Gasteiger partial charge in [-0.25, -0.2) is 0 Å². The Morgan fingerprint density at radius 3 is 1.52 bits per heavy atom. The second kappa shape index (κ2) is 5.53. The van der Waals surface area contributed by atoms with Gasteiger partial charge in [-0.1, -0.05) is 0 Å². The summed E-state index contributed by atoms with van der Waals surface area (Å²) in [4.78, 5) is 23.5. The minimum atomic E-state index is -4.10. The van der Waals surface area contributed by atoms with E-state index in [1.807, 2.05) is 60.7 Å². The molecule has 112 valence electrons. The van der Waals surface area contributed by atoms with Gasteiger partial charge >= 0.3 is 126 Å². The van der Waals surface area contributed by atoms with Crippen LogP contribution in [0.15, 0.2) is 60.7 Å². The van der Waals surface area contributed by atoms with Crippen molar-refractivity contribution < 1.29 is 9.79 Å². The maximum absolute atomic E-state index is 11.7. The van der Waals surface area contributed by atoms with Crippen LogP contribution in [0.3, 0.4) is 0 Å². The fraction of sp³-hybridized carbons (Fsp3) is 0.333. The molecule has 0 aromatic heterocycles. The monoisotopic (exact) mass is 302 g/mol. The predicted molar refractivity (Wildman–Crippen MR) is 90.4 cm³/mol. The van der Waals surface area contributed by atoms with Gasteiger partial charge in [0, 0.05) is 0 Å². The van der Waals surface area contributed by atoms with Crippen molar-refractivity contribution in [2.24, 2.45) is 0 Å². The van der Waals surface area contributed by atoms with Crippen molar-refractivity contribution in [1.82, 2.24) is 0 Å². The summed E-state index contributed by atoms with van der Waals surface area (Å²) in [5, 5.41) is 1.39. The molecule has 1 saturated carbocycles. The molecule has 21 heavy (non-hydrogen) atoms. The molecule has 1 aliphatic rings. The SMILES string of the molecule is OP(O)(c1ccccc1)(c1ccccc1)C1CCCCC1. The third-order valence-electron chi connectivity index (χ3n) is 4.80. The molecule has 3 heteroatoms. The van der Waals surface area contributed by atoms with Crippen LogP contribution in [0, 0.1) is 0 Å². The van der Waals surface area contributed by atoms with Gasteiger partial charge in [-0.3, -0.25) is 0 Å². The molecule has 0 amide bonds. The molecule has 2 aromatic carbocycles. The van der Waals surface area contributed by atoms with Crippen LogP contribution in [0.4, 0.5) is 0 Å². The number of rotatable bonds is 3. The summed E-state index contributed by atoms with van der Waals surface area (Å²) in [6.07, 6.45) is 5.17. The molecule has 0 aliphatic heterocycles. The van der Waals surface area contributed by atoms with Crippen LogP contribution in [0.5, 0.6) is 0 Å². The van der Waals surface area contributed by atoms with Crippen molar-refractivity contribution in [2.75, 3.05) is 0 Å². The van der Waals surface area contributed by atoms with Gasteiger partial charge in [0.1, 0.15) is 0 Å². The minimum absolute atomic E-state index is 0.0467. The third-order valence-corrected chi connectivity index (χ3v) is 9.33. The zero-order valence-corrected chi connectivity index (χ0v) is 13.1. The first-order chi connectivity index (χ1) is 10.1. The molecule has 1 fully saturated rings. The third kappa shape index (κ3) is 2.42. The number of hydrogen-bond donors (Lipinski definition) is 2. The molecule has 0 radical (unpaired) electrons. The van der Waals surface area contributed by atoms with Crippen LogP contribution >= 0.6 is 7.06 Å². The Balaban J connectivity index is 2.19. The molecule has 0 bridgehead atoms. The van der Waals surface area contributed by atoms with Gasteiger partial charge in [0.15, 0.2) is 0 Å². The summed E-state index contributed by atoms with van der Waals surface area (Å²) in [5.41, 5.74) is -0.0467. The molecule has 2 aromatic rings. The summed E-state index contributed by atoms with van der Waals surface area (Å²) in [7, 11) is -4.10. The molecule has 0 unspecified atom stereocenters. The van der Waals surface area contributed by atoms with Gasteiger partial charge in [-0.2, -0.15) is 0 Å². The molecule has 1 aliphatic carbocycles. The van der Waals surface area contributed by atoms with E-state index in [9.17, 15) is 9.79 Å². The summed E-state index contributed by atoms with van der Waals surface area (Å²) >= 11 is 0. The summed E-state index contributed by atoms with van der Waals surface area (Å²) in [5.74, 6) is 0. The van der Waals surface area contributed by atoms with Crippen LogP contribution < -0.4 is 10.6 Å². The second-order valence-electron chi connectivity index (χ2n) is 6.05. The van der Waals surface area contributed by atoms with Crippen molar-refractivity contribution in [3.8, 4) is 0 Å². The topological polar surface area (TPSA) is 40.5 Å². The van der Waals surface area contributed by atoms with Gasteiger partial charge in [-0.15, -0.1) is 0 Å². The standard InChI is InChI=1S/C18H23O2P/c19-21(20,16-10-4-1-5-11-16,17-12-6-2-7-13-17)18-14-8-3-9-15-18/h1-2,4-7,10-13,18-20H,3,8-9,14-15H2. The first kappa shape index (κ1) is 14.7. The average Bonchev–Trinajstić information content (AvgIpc) is 2.57. The van der Waals surface area contributed by atoms with E-state index in [0.29, 0.717) is 10.6 Å². The average molecular weight is 302 g/mol. The van der Waals surface area contributed by atoms with E-state index in [4.69, 9.17) is 0 Å². The Kier molecular flexibility index (Phi) is 3.88. The van der Waals surface area contributed by atoms with E-state index < -0.39 is 7.06 Å². The van der Waals surface area contributed by atoms with Crippen LogP contribution in [-0.2, 0) is 0 Å². The Morgan fingerprint density at radius 1 is 0.667 bits per heavy atom. The van der Waals surface area contributed by atoms with Crippen LogP contribution in [0.1, 0.15) is 32.1 Å². The number of hydrogen-bond acceptors (Lipinski definition) is 2. The van der Waals surface area contributed by atoms with Crippen molar-refractivity contribution in [1.29, 1.82) is 0 Å². The molecular weight excluding hydrogens is 279 g/mol. The molecule has 0 heterocycles. The molecular formula is C18H23O2P. The maximum atomic E-state index is 11.7. The van der Waals surface area contributed by atoms with E-state index in [0.717, 1.165) is 25.7 Å².